The molecule has 1 aliphatic rings. The summed E-state index contributed by atoms with van der Waals surface area (Å²) in [6, 6.07) is 7.68. The topological polar surface area (TPSA) is 74.3 Å². The fourth-order valence-corrected chi connectivity index (χ4v) is 5.24. The molecule has 0 bridgehead atoms. The van der Waals surface area contributed by atoms with Gasteiger partial charge < -0.3 is 15.5 Å². The summed E-state index contributed by atoms with van der Waals surface area (Å²) in [5.74, 6) is 0.0205. The van der Waals surface area contributed by atoms with E-state index in [9.17, 15) is 9.59 Å². The number of benzene rings is 1. The zero-order valence-corrected chi connectivity index (χ0v) is 20.1. The predicted octanol–water partition coefficient (Wildman–Crippen LogP) is 3.69. The smallest absolute Gasteiger partial charge is 0.242 e. The first kappa shape index (κ1) is 23.3. The molecule has 2 amide bonds. The van der Waals surface area contributed by atoms with E-state index in [1.54, 1.807) is 11.3 Å². The lowest BCUT2D eigenvalue weighted by Gasteiger charge is -2.33. The third-order valence-electron chi connectivity index (χ3n) is 5.56. The van der Waals surface area contributed by atoms with E-state index in [1.165, 1.54) is 11.8 Å². The largest absolute Gasteiger partial charge is 0.352 e. The number of carbonyl (C=O) groups excluding carboxylic acids is 2. The number of hydrogen-bond donors (Lipinski definition) is 2. The fraction of sp³-hybridized carbons (Fsp3) is 0.478. The summed E-state index contributed by atoms with van der Waals surface area (Å²) in [6.45, 7) is 8.76. The molecule has 1 saturated heterocycles. The van der Waals surface area contributed by atoms with Crippen LogP contribution in [0.5, 0.6) is 0 Å². The van der Waals surface area contributed by atoms with E-state index in [2.05, 4.69) is 27.8 Å². The van der Waals surface area contributed by atoms with Gasteiger partial charge in [0.15, 0.2) is 0 Å². The monoisotopic (exact) mass is 458 g/mol. The van der Waals surface area contributed by atoms with Crippen molar-refractivity contribution in [2.45, 2.75) is 59.2 Å². The van der Waals surface area contributed by atoms with E-state index in [-0.39, 0.29) is 29.8 Å². The second-order valence-electron chi connectivity index (χ2n) is 8.29. The van der Waals surface area contributed by atoms with Crippen molar-refractivity contribution in [1.82, 2.24) is 20.5 Å². The molecule has 2 N–H and O–H groups in total. The Balaban J connectivity index is 1.61. The average molecular weight is 459 g/mol. The standard InChI is InChI=1S/C23H30N4O2S2/c1-14(2)20(26-16(4)28)23(30)27-11-5-6-19(27)22(29)24-12-17-7-9-18(10-8-17)21-15(3)25-13-31-21/h7-10,13-14,19-20H,5-6,11-12H2,1-4H3,(H,24,29)(H,26,28). The van der Waals surface area contributed by atoms with Crippen LogP contribution in [0.4, 0.5) is 0 Å². The van der Waals surface area contributed by atoms with Crippen LogP contribution in [0.15, 0.2) is 29.8 Å². The highest BCUT2D eigenvalue weighted by atomic mass is 32.1. The highest BCUT2D eigenvalue weighted by Crippen LogP contribution is 2.27. The maximum Gasteiger partial charge on any atom is 0.242 e. The van der Waals surface area contributed by atoms with Gasteiger partial charge in [-0.15, -0.1) is 11.3 Å². The Hall–Kier alpha value is -2.32. The Morgan fingerprint density at radius 2 is 2.00 bits per heavy atom. The molecule has 2 unspecified atom stereocenters. The van der Waals surface area contributed by atoms with Gasteiger partial charge >= 0.3 is 0 Å². The van der Waals surface area contributed by atoms with Crippen LogP contribution in [0.1, 0.15) is 44.9 Å². The lowest BCUT2D eigenvalue weighted by Crippen LogP contribution is -2.54. The SMILES string of the molecule is CC(=O)NC(C(=S)N1CCCC1C(=O)NCc1ccc(-c2scnc2C)cc1)C(C)C. The van der Waals surface area contributed by atoms with Crippen molar-refractivity contribution in [2.24, 2.45) is 5.92 Å². The molecular formula is C23H30N4O2S2. The maximum absolute atomic E-state index is 12.9. The Morgan fingerprint density at radius 3 is 2.58 bits per heavy atom. The number of aromatic nitrogens is 1. The maximum atomic E-state index is 12.9. The van der Waals surface area contributed by atoms with E-state index in [1.807, 2.05) is 43.3 Å². The molecule has 2 aromatic rings. The normalized spacial score (nSPS) is 16.9. The molecule has 0 radical (unpaired) electrons. The van der Waals surface area contributed by atoms with E-state index in [4.69, 9.17) is 12.2 Å². The third kappa shape index (κ3) is 5.68. The molecule has 8 heteroatoms. The molecule has 2 atom stereocenters. The quantitative estimate of drug-likeness (QED) is 0.619. The molecule has 1 aromatic carbocycles. The second kappa shape index (κ2) is 10.3. The highest BCUT2D eigenvalue weighted by molar-refractivity contribution is 7.80. The van der Waals surface area contributed by atoms with Gasteiger partial charge in [0, 0.05) is 20.0 Å². The van der Waals surface area contributed by atoms with Gasteiger partial charge in [-0.25, -0.2) is 4.98 Å². The molecule has 166 valence electrons. The predicted molar refractivity (Wildman–Crippen MR) is 129 cm³/mol. The molecule has 1 aromatic heterocycles. The summed E-state index contributed by atoms with van der Waals surface area (Å²) in [5, 5.41) is 6.00. The Morgan fingerprint density at radius 1 is 1.29 bits per heavy atom. The minimum Gasteiger partial charge on any atom is -0.352 e. The van der Waals surface area contributed by atoms with Gasteiger partial charge in [-0.05, 0) is 36.8 Å². The van der Waals surface area contributed by atoms with Crippen LogP contribution in [0, 0.1) is 12.8 Å². The summed E-state index contributed by atoms with van der Waals surface area (Å²) in [4.78, 5) is 32.6. The van der Waals surface area contributed by atoms with Gasteiger partial charge in [0.25, 0.3) is 0 Å². The number of carbonyl (C=O) groups is 2. The molecule has 0 aliphatic carbocycles. The lowest BCUT2D eigenvalue weighted by molar-refractivity contribution is -0.124. The Kier molecular flexibility index (Phi) is 7.78. The minimum absolute atomic E-state index is 0.0208. The molecule has 3 rings (SSSR count). The van der Waals surface area contributed by atoms with Crippen molar-refractivity contribution < 1.29 is 9.59 Å². The first-order valence-electron chi connectivity index (χ1n) is 10.6. The summed E-state index contributed by atoms with van der Waals surface area (Å²) >= 11 is 7.32. The average Bonchev–Trinajstić information content (AvgIpc) is 3.39. The van der Waals surface area contributed by atoms with Crippen LogP contribution in [-0.2, 0) is 16.1 Å². The summed E-state index contributed by atoms with van der Waals surface area (Å²) in [5.41, 5.74) is 5.07. The van der Waals surface area contributed by atoms with Crippen LogP contribution in [0.25, 0.3) is 10.4 Å². The number of hydrogen-bond acceptors (Lipinski definition) is 5. The number of nitrogens with zero attached hydrogens (tertiary/aromatic N) is 2. The van der Waals surface area contributed by atoms with Crippen LogP contribution >= 0.6 is 23.6 Å². The van der Waals surface area contributed by atoms with Crippen molar-refractivity contribution in [3.8, 4) is 10.4 Å². The van der Waals surface area contributed by atoms with E-state index in [0.29, 0.717) is 11.5 Å². The van der Waals surface area contributed by atoms with Crippen molar-refractivity contribution >= 4 is 40.4 Å². The first-order valence-corrected chi connectivity index (χ1v) is 11.9. The van der Waals surface area contributed by atoms with Gasteiger partial charge in [-0.3, -0.25) is 9.59 Å². The van der Waals surface area contributed by atoms with Crippen LogP contribution < -0.4 is 10.6 Å². The van der Waals surface area contributed by atoms with Crippen LogP contribution in [-0.4, -0.2) is 45.3 Å². The molecule has 2 heterocycles. The van der Waals surface area contributed by atoms with E-state index < -0.39 is 0 Å². The highest BCUT2D eigenvalue weighted by Gasteiger charge is 2.35. The number of nitrogens with one attached hydrogen (secondary N) is 2. The van der Waals surface area contributed by atoms with Gasteiger partial charge in [-0.1, -0.05) is 50.3 Å². The third-order valence-corrected chi connectivity index (χ3v) is 7.02. The number of thiocarbonyl (C=S) groups is 1. The van der Waals surface area contributed by atoms with Crippen molar-refractivity contribution in [1.29, 1.82) is 0 Å². The molecule has 1 fully saturated rings. The fourth-order valence-electron chi connectivity index (χ4n) is 3.87. The Bertz CT molecular complexity index is 939. The molecule has 0 spiro atoms. The van der Waals surface area contributed by atoms with Gasteiger partial charge in [-0.2, -0.15) is 0 Å². The van der Waals surface area contributed by atoms with Crippen molar-refractivity contribution in [3.05, 3.63) is 41.0 Å². The van der Waals surface area contributed by atoms with Gasteiger partial charge in [0.05, 0.1) is 22.1 Å². The number of rotatable bonds is 7. The number of thiazole rings is 1. The van der Waals surface area contributed by atoms with Crippen LogP contribution in [0.2, 0.25) is 0 Å². The number of likely N-dealkylation sites (tertiary alicyclic amines) is 1. The summed E-state index contributed by atoms with van der Waals surface area (Å²) in [7, 11) is 0. The molecule has 0 saturated carbocycles. The molecule has 6 nitrogen and oxygen atoms in total. The van der Waals surface area contributed by atoms with Crippen LogP contribution in [0.3, 0.4) is 0 Å². The molecule has 31 heavy (non-hydrogen) atoms. The summed E-state index contributed by atoms with van der Waals surface area (Å²) < 4.78 is 0. The summed E-state index contributed by atoms with van der Waals surface area (Å²) in [6.07, 6.45) is 1.67. The van der Waals surface area contributed by atoms with E-state index >= 15 is 0 Å². The lowest BCUT2D eigenvalue weighted by atomic mass is 10.0. The molecular weight excluding hydrogens is 428 g/mol. The zero-order chi connectivity index (χ0) is 22.5. The second-order valence-corrected chi connectivity index (χ2v) is 9.57. The molecule has 1 aliphatic heterocycles. The van der Waals surface area contributed by atoms with Crippen molar-refractivity contribution in [3.63, 3.8) is 0 Å². The number of aryl methyl sites for hydroxylation is 1. The number of amides is 2. The van der Waals surface area contributed by atoms with Crippen molar-refractivity contribution in [2.75, 3.05) is 6.54 Å². The van der Waals surface area contributed by atoms with Gasteiger partial charge in [0.1, 0.15) is 11.0 Å². The zero-order valence-electron chi connectivity index (χ0n) is 18.5. The minimum atomic E-state index is -0.290. The van der Waals surface area contributed by atoms with Gasteiger partial charge in [0.2, 0.25) is 11.8 Å². The Labute approximate surface area is 193 Å². The first-order chi connectivity index (χ1) is 14.8. The van der Waals surface area contributed by atoms with E-state index in [0.717, 1.165) is 36.2 Å².